The van der Waals surface area contributed by atoms with Crippen LogP contribution in [0.15, 0.2) is 59.5 Å². The molecule has 0 bridgehead atoms. The molecule has 0 unspecified atom stereocenters. The van der Waals surface area contributed by atoms with Crippen molar-refractivity contribution in [2.75, 3.05) is 13.2 Å². The number of para-hydroxylation sites is 2. The summed E-state index contributed by atoms with van der Waals surface area (Å²) in [5, 5.41) is -0.287. The Morgan fingerprint density at radius 3 is 2.48 bits per heavy atom. The van der Waals surface area contributed by atoms with Gasteiger partial charge in [0.2, 0.25) is 0 Å². The van der Waals surface area contributed by atoms with E-state index in [0.717, 1.165) is 17.3 Å². The molecule has 1 heterocycles. The Labute approximate surface area is 163 Å². The van der Waals surface area contributed by atoms with E-state index in [2.05, 4.69) is 0 Å². The van der Waals surface area contributed by atoms with Gasteiger partial charge in [0.1, 0.15) is 18.1 Å². The number of imide groups is 1. The molecule has 0 spiro atoms. The van der Waals surface area contributed by atoms with Gasteiger partial charge in [-0.25, -0.2) is 0 Å². The first-order valence-electron chi connectivity index (χ1n) is 8.73. The zero-order valence-corrected chi connectivity index (χ0v) is 16.1. The van der Waals surface area contributed by atoms with Crippen molar-refractivity contribution in [1.29, 1.82) is 0 Å². The smallest absolute Gasteiger partial charge is 0.293 e. The average Bonchev–Trinajstić information content (AvgIpc) is 2.91. The predicted octanol–water partition coefficient (Wildman–Crippen LogP) is 4.59. The summed E-state index contributed by atoms with van der Waals surface area (Å²) in [6.45, 7) is 4.35. The number of ether oxygens (including phenoxy) is 2. The maximum atomic E-state index is 12.6. The van der Waals surface area contributed by atoms with Crippen LogP contribution in [0.2, 0.25) is 0 Å². The zero-order valence-electron chi connectivity index (χ0n) is 15.3. The van der Waals surface area contributed by atoms with E-state index in [4.69, 9.17) is 9.47 Å². The Morgan fingerprint density at radius 1 is 1.04 bits per heavy atom. The van der Waals surface area contributed by atoms with E-state index in [1.54, 1.807) is 6.08 Å². The molecule has 1 saturated heterocycles. The molecule has 0 aliphatic carbocycles. The third-order valence-corrected chi connectivity index (χ3v) is 4.68. The largest absolute Gasteiger partial charge is 0.492 e. The third-order valence-electron chi connectivity index (χ3n) is 3.77. The number of hydrogen-bond donors (Lipinski definition) is 0. The van der Waals surface area contributed by atoms with Crippen LogP contribution < -0.4 is 9.47 Å². The third kappa shape index (κ3) is 4.92. The molecular formula is C21H21NO4S. The van der Waals surface area contributed by atoms with Gasteiger partial charge in [0, 0.05) is 5.56 Å². The van der Waals surface area contributed by atoms with Gasteiger partial charge in [-0.2, -0.15) is 0 Å². The lowest BCUT2D eigenvalue weighted by Gasteiger charge is -2.13. The van der Waals surface area contributed by atoms with Gasteiger partial charge in [-0.15, -0.1) is 0 Å². The van der Waals surface area contributed by atoms with Crippen LogP contribution in [0.3, 0.4) is 0 Å². The van der Waals surface area contributed by atoms with Crippen molar-refractivity contribution in [3.63, 3.8) is 0 Å². The minimum atomic E-state index is -0.305. The fourth-order valence-corrected chi connectivity index (χ4v) is 3.42. The number of amides is 2. The summed E-state index contributed by atoms with van der Waals surface area (Å²) in [5.74, 6) is 1.09. The van der Waals surface area contributed by atoms with Gasteiger partial charge in [-0.05, 0) is 49.9 Å². The van der Waals surface area contributed by atoms with Gasteiger partial charge in [0.25, 0.3) is 11.1 Å². The summed E-state index contributed by atoms with van der Waals surface area (Å²) in [5.41, 5.74) is 0.775. The quantitative estimate of drug-likeness (QED) is 0.655. The number of benzene rings is 2. The van der Waals surface area contributed by atoms with E-state index in [1.165, 1.54) is 4.90 Å². The second-order valence-electron chi connectivity index (χ2n) is 6.20. The lowest BCUT2D eigenvalue weighted by atomic mass is 10.2. The van der Waals surface area contributed by atoms with Crippen molar-refractivity contribution in [3.8, 4) is 11.5 Å². The second-order valence-corrected chi connectivity index (χ2v) is 7.19. The van der Waals surface area contributed by atoms with Crippen LogP contribution in [0.4, 0.5) is 4.79 Å². The number of carbonyl (C=O) groups is 2. The van der Waals surface area contributed by atoms with Gasteiger partial charge in [-0.3, -0.25) is 14.5 Å². The molecule has 3 rings (SSSR count). The Hall–Kier alpha value is -2.73. The van der Waals surface area contributed by atoms with Crippen LogP contribution in [0.5, 0.6) is 11.5 Å². The molecule has 0 radical (unpaired) electrons. The number of nitrogens with zero attached hydrogens (tertiary/aromatic N) is 1. The van der Waals surface area contributed by atoms with Gasteiger partial charge < -0.3 is 9.47 Å². The highest BCUT2D eigenvalue weighted by Gasteiger charge is 2.35. The van der Waals surface area contributed by atoms with E-state index in [1.807, 2.05) is 68.4 Å². The monoisotopic (exact) mass is 383 g/mol. The summed E-state index contributed by atoms with van der Waals surface area (Å²) in [7, 11) is 0. The van der Waals surface area contributed by atoms with Crippen LogP contribution in [0.25, 0.3) is 6.08 Å². The maximum Gasteiger partial charge on any atom is 0.293 e. The van der Waals surface area contributed by atoms with E-state index < -0.39 is 0 Å². The zero-order chi connectivity index (χ0) is 19.2. The first-order valence-corrected chi connectivity index (χ1v) is 9.55. The fourth-order valence-electron chi connectivity index (χ4n) is 2.57. The van der Waals surface area contributed by atoms with E-state index in [9.17, 15) is 9.59 Å². The highest BCUT2D eigenvalue weighted by Crippen LogP contribution is 2.34. The number of rotatable bonds is 7. The first-order chi connectivity index (χ1) is 13.0. The molecule has 140 valence electrons. The van der Waals surface area contributed by atoms with Gasteiger partial charge in [0.05, 0.1) is 17.6 Å². The number of thioether (sulfide) groups is 1. The molecule has 0 atom stereocenters. The fraction of sp³-hybridized carbons (Fsp3) is 0.238. The van der Waals surface area contributed by atoms with Crippen LogP contribution >= 0.6 is 11.8 Å². The molecule has 1 aliphatic rings. The second kappa shape index (κ2) is 8.77. The van der Waals surface area contributed by atoms with Crippen molar-refractivity contribution in [3.05, 3.63) is 65.1 Å². The number of carbonyl (C=O) groups excluding carboxylic acids is 2. The van der Waals surface area contributed by atoms with Crippen LogP contribution in [0.1, 0.15) is 19.4 Å². The topological polar surface area (TPSA) is 55.8 Å². The van der Waals surface area contributed by atoms with Crippen LogP contribution in [-0.2, 0) is 4.79 Å². The Bertz CT molecular complexity index is 848. The molecule has 0 N–H and O–H groups in total. The summed E-state index contributed by atoms with van der Waals surface area (Å²) in [6.07, 6.45) is 1.73. The van der Waals surface area contributed by atoms with Gasteiger partial charge >= 0.3 is 0 Å². The summed E-state index contributed by atoms with van der Waals surface area (Å²) in [4.78, 5) is 26.4. The Kier molecular flexibility index (Phi) is 6.19. The van der Waals surface area contributed by atoms with Gasteiger partial charge in [-0.1, -0.05) is 36.4 Å². The maximum absolute atomic E-state index is 12.6. The highest BCUT2D eigenvalue weighted by molar-refractivity contribution is 8.18. The molecule has 2 amide bonds. The molecule has 0 aromatic heterocycles. The van der Waals surface area contributed by atoms with Crippen LogP contribution in [0, 0.1) is 0 Å². The van der Waals surface area contributed by atoms with Crippen LogP contribution in [-0.4, -0.2) is 35.3 Å². The molecule has 6 heteroatoms. The summed E-state index contributed by atoms with van der Waals surface area (Å²) < 4.78 is 11.4. The number of hydrogen-bond acceptors (Lipinski definition) is 5. The normalized spacial score (nSPS) is 15.7. The van der Waals surface area contributed by atoms with Crippen molar-refractivity contribution < 1.29 is 19.1 Å². The average molecular weight is 383 g/mol. The molecular weight excluding hydrogens is 362 g/mol. The van der Waals surface area contributed by atoms with E-state index in [-0.39, 0.29) is 30.4 Å². The minimum absolute atomic E-state index is 0.0183. The molecule has 5 nitrogen and oxygen atoms in total. The minimum Gasteiger partial charge on any atom is -0.492 e. The molecule has 2 aromatic rings. The van der Waals surface area contributed by atoms with Crippen molar-refractivity contribution >= 4 is 29.0 Å². The molecule has 1 fully saturated rings. The standard InChI is InChI=1S/C21H21NO4S/c1-15(2)26-18-11-7-6-8-16(18)14-19-20(23)22(21(24)27-19)12-13-25-17-9-4-3-5-10-17/h3-11,14-15H,12-13H2,1-2H3/b19-14-. The first kappa shape index (κ1) is 19.0. The Morgan fingerprint density at radius 2 is 1.74 bits per heavy atom. The van der Waals surface area contributed by atoms with Gasteiger partial charge in [0.15, 0.2) is 0 Å². The predicted molar refractivity (Wildman–Crippen MR) is 107 cm³/mol. The van der Waals surface area contributed by atoms with E-state index >= 15 is 0 Å². The van der Waals surface area contributed by atoms with Crippen molar-refractivity contribution in [1.82, 2.24) is 4.90 Å². The lowest BCUT2D eigenvalue weighted by molar-refractivity contribution is -0.123. The summed E-state index contributed by atoms with van der Waals surface area (Å²) >= 11 is 0.938. The van der Waals surface area contributed by atoms with Crippen molar-refractivity contribution in [2.45, 2.75) is 20.0 Å². The molecule has 0 saturated carbocycles. The van der Waals surface area contributed by atoms with E-state index in [0.29, 0.717) is 16.4 Å². The molecule has 1 aliphatic heterocycles. The summed E-state index contributed by atoms with van der Waals surface area (Å²) in [6, 6.07) is 16.8. The molecule has 2 aromatic carbocycles. The van der Waals surface area contributed by atoms with Crippen molar-refractivity contribution in [2.24, 2.45) is 0 Å². The molecule has 27 heavy (non-hydrogen) atoms. The Balaban J connectivity index is 1.68. The highest BCUT2D eigenvalue weighted by atomic mass is 32.2. The SMILES string of the molecule is CC(C)Oc1ccccc1/C=C1\SC(=O)N(CCOc2ccccc2)C1=O. The lowest BCUT2D eigenvalue weighted by Crippen LogP contribution is -2.32.